The average molecular weight is 460 g/mol. The Balaban J connectivity index is 1.27. The van der Waals surface area contributed by atoms with Crippen molar-refractivity contribution >= 4 is 11.8 Å². The van der Waals surface area contributed by atoms with E-state index in [1.165, 1.54) is 18.4 Å². The summed E-state index contributed by atoms with van der Waals surface area (Å²) in [6.07, 6.45) is 7.11. The van der Waals surface area contributed by atoms with Crippen LogP contribution in [-0.4, -0.2) is 34.9 Å². The number of carbonyl (C=O) groups is 2. The van der Waals surface area contributed by atoms with E-state index in [1.807, 2.05) is 24.3 Å². The molecule has 2 amide bonds. The predicted octanol–water partition coefficient (Wildman–Crippen LogP) is 4.30. The Bertz CT molecular complexity index is 1070. The van der Waals surface area contributed by atoms with Crippen molar-refractivity contribution in [3.63, 3.8) is 0 Å². The first-order valence-corrected chi connectivity index (χ1v) is 12.4. The molecule has 1 aliphatic carbocycles. The molecule has 1 saturated carbocycles. The topological polar surface area (TPSA) is 70.7 Å². The lowest BCUT2D eigenvalue weighted by atomic mass is 10.0. The fourth-order valence-corrected chi connectivity index (χ4v) is 5.37. The van der Waals surface area contributed by atoms with Crippen molar-refractivity contribution in [1.29, 1.82) is 0 Å². The number of piperidine rings is 1. The van der Waals surface area contributed by atoms with Crippen LogP contribution in [0.3, 0.4) is 0 Å². The van der Waals surface area contributed by atoms with E-state index < -0.39 is 6.04 Å². The Morgan fingerprint density at radius 3 is 2.68 bits per heavy atom. The van der Waals surface area contributed by atoms with Gasteiger partial charge in [0.1, 0.15) is 17.9 Å². The highest BCUT2D eigenvalue weighted by molar-refractivity contribution is 6.01. The first-order chi connectivity index (χ1) is 16.6. The fraction of sp³-hybridized carbons (Fsp3) is 0.429. The first kappa shape index (κ1) is 22.7. The second-order valence-corrected chi connectivity index (χ2v) is 9.67. The van der Waals surface area contributed by atoms with Gasteiger partial charge in [-0.05, 0) is 61.4 Å². The summed E-state index contributed by atoms with van der Waals surface area (Å²) < 4.78 is 6.53. The van der Waals surface area contributed by atoms with E-state index in [0.717, 1.165) is 42.8 Å². The number of ether oxygens (including phenoxy) is 1. The number of rotatable bonds is 6. The van der Waals surface area contributed by atoms with Crippen LogP contribution in [0.4, 0.5) is 0 Å². The molecule has 3 atom stereocenters. The quantitative estimate of drug-likeness (QED) is 0.632. The summed E-state index contributed by atoms with van der Waals surface area (Å²) >= 11 is 0. The van der Waals surface area contributed by atoms with Crippen molar-refractivity contribution in [1.82, 2.24) is 15.5 Å². The van der Waals surface area contributed by atoms with Crippen LogP contribution in [0.2, 0.25) is 0 Å². The van der Waals surface area contributed by atoms with Crippen LogP contribution in [0.5, 0.6) is 5.75 Å². The number of allylic oxidation sites excluding steroid dienone is 1. The number of hydrogen-bond donors (Lipinski definition) is 2. The molecule has 0 aromatic heterocycles. The molecule has 0 radical (unpaired) electrons. The Hall–Kier alpha value is -3.12. The third-order valence-electron chi connectivity index (χ3n) is 7.26. The molecule has 2 fully saturated rings. The van der Waals surface area contributed by atoms with Gasteiger partial charge in [-0.1, -0.05) is 49.8 Å². The van der Waals surface area contributed by atoms with Gasteiger partial charge in [-0.2, -0.15) is 0 Å². The van der Waals surface area contributed by atoms with Crippen molar-refractivity contribution in [3.05, 3.63) is 77.5 Å². The molecule has 2 aromatic carbocycles. The van der Waals surface area contributed by atoms with E-state index in [2.05, 4.69) is 41.5 Å². The van der Waals surface area contributed by atoms with E-state index >= 15 is 0 Å². The first-order valence-electron chi connectivity index (χ1n) is 12.4. The number of fused-ring (bicyclic) bond motifs is 1. The highest BCUT2D eigenvalue weighted by atomic mass is 16.5. The van der Waals surface area contributed by atoms with Crippen LogP contribution in [0, 0.1) is 0 Å². The summed E-state index contributed by atoms with van der Waals surface area (Å²) in [5.41, 5.74) is 3.60. The van der Waals surface area contributed by atoms with Crippen LogP contribution >= 0.6 is 0 Å². The molecule has 1 saturated heterocycles. The van der Waals surface area contributed by atoms with Gasteiger partial charge in [0.25, 0.3) is 5.91 Å². The second-order valence-electron chi connectivity index (χ2n) is 9.67. The fourth-order valence-electron chi connectivity index (χ4n) is 5.37. The molecule has 2 N–H and O–H groups in total. The highest BCUT2D eigenvalue weighted by Gasteiger charge is 2.38. The average Bonchev–Trinajstić information content (AvgIpc) is 3.00. The lowest BCUT2D eigenvalue weighted by Crippen LogP contribution is -2.49. The normalized spacial score (nSPS) is 25.0. The highest BCUT2D eigenvalue weighted by Crippen LogP contribution is 2.32. The van der Waals surface area contributed by atoms with E-state index in [9.17, 15) is 9.59 Å². The van der Waals surface area contributed by atoms with Crippen molar-refractivity contribution < 1.29 is 14.3 Å². The monoisotopic (exact) mass is 459 g/mol. The molecule has 178 valence electrons. The maximum absolute atomic E-state index is 13.0. The number of amides is 2. The van der Waals surface area contributed by atoms with E-state index in [1.54, 1.807) is 4.90 Å². The van der Waals surface area contributed by atoms with Gasteiger partial charge in [0, 0.05) is 30.4 Å². The van der Waals surface area contributed by atoms with Gasteiger partial charge in [0.2, 0.25) is 5.91 Å². The summed E-state index contributed by atoms with van der Waals surface area (Å²) in [4.78, 5) is 27.2. The molecular weight excluding hydrogens is 426 g/mol. The number of carbonyl (C=O) groups excluding carboxylic acids is 2. The molecule has 1 unspecified atom stereocenters. The van der Waals surface area contributed by atoms with E-state index in [4.69, 9.17) is 4.74 Å². The van der Waals surface area contributed by atoms with Crippen LogP contribution in [-0.2, 0) is 17.9 Å². The minimum atomic E-state index is -0.441. The summed E-state index contributed by atoms with van der Waals surface area (Å²) in [7, 11) is 0. The number of nitrogens with one attached hydrogen (secondary N) is 2. The standard InChI is InChI=1S/C28H33N3O3/c1-19-12-15-25(27(32)30-19)31-18-21-16-22(13-14-23(21)28(31)33)34-26-11-7-3-6-10-24(26)29-17-20-8-4-2-5-9-20/h2,4-5,8-9,13-14,16,24-26,29H,1,3,6-7,10-12,15,17-18H2,(H,30,32)/t24-,25?,26+/m1/s1. The second kappa shape index (κ2) is 10.0. The van der Waals surface area contributed by atoms with Crippen molar-refractivity contribution in [2.45, 2.75) is 76.2 Å². The van der Waals surface area contributed by atoms with E-state index in [0.29, 0.717) is 24.9 Å². The molecule has 5 rings (SSSR count). The lowest BCUT2D eigenvalue weighted by Gasteiger charge is -2.30. The molecule has 0 spiro atoms. The van der Waals surface area contributed by atoms with Crippen LogP contribution in [0.1, 0.15) is 66.4 Å². The molecular formula is C28H33N3O3. The van der Waals surface area contributed by atoms with Gasteiger partial charge in [0.05, 0.1) is 0 Å². The zero-order valence-corrected chi connectivity index (χ0v) is 19.6. The minimum Gasteiger partial charge on any atom is -0.489 e. The Labute approximate surface area is 201 Å². The predicted molar refractivity (Wildman–Crippen MR) is 131 cm³/mol. The molecule has 2 aromatic rings. The third kappa shape index (κ3) is 4.87. The Morgan fingerprint density at radius 2 is 1.85 bits per heavy atom. The SMILES string of the molecule is C=C1CCC(N2Cc3cc(O[C@H]4CCCCC[C@H]4NCc4ccccc4)ccc3C2=O)C(=O)N1. The maximum Gasteiger partial charge on any atom is 0.255 e. The van der Waals surface area contributed by atoms with Gasteiger partial charge < -0.3 is 20.3 Å². The smallest absolute Gasteiger partial charge is 0.255 e. The summed E-state index contributed by atoms with van der Waals surface area (Å²) in [5.74, 6) is 0.582. The Kier molecular flexibility index (Phi) is 6.68. The van der Waals surface area contributed by atoms with Gasteiger partial charge in [-0.3, -0.25) is 9.59 Å². The Morgan fingerprint density at radius 1 is 1.03 bits per heavy atom. The molecule has 6 nitrogen and oxygen atoms in total. The van der Waals surface area contributed by atoms with Crippen LogP contribution < -0.4 is 15.4 Å². The summed E-state index contributed by atoms with van der Waals surface area (Å²) in [5, 5.41) is 6.52. The lowest BCUT2D eigenvalue weighted by molar-refractivity contribution is -0.126. The third-order valence-corrected chi connectivity index (χ3v) is 7.26. The largest absolute Gasteiger partial charge is 0.489 e. The zero-order valence-electron chi connectivity index (χ0n) is 19.6. The maximum atomic E-state index is 13.0. The number of benzene rings is 2. The van der Waals surface area contributed by atoms with Crippen LogP contribution in [0.15, 0.2) is 60.8 Å². The van der Waals surface area contributed by atoms with Gasteiger partial charge >= 0.3 is 0 Å². The van der Waals surface area contributed by atoms with Crippen molar-refractivity contribution in [2.75, 3.05) is 0 Å². The molecule has 0 bridgehead atoms. The van der Waals surface area contributed by atoms with Gasteiger partial charge in [0.15, 0.2) is 0 Å². The molecule has 2 aliphatic heterocycles. The molecule has 2 heterocycles. The van der Waals surface area contributed by atoms with Gasteiger partial charge in [-0.25, -0.2) is 0 Å². The minimum absolute atomic E-state index is 0.0777. The summed E-state index contributed by atoms with van der Waals surface area (Å²) in [6.45, 7) is 5.11. The number of hydrogen-bond acceptors (Lipinski definition) is 4. The van der Waals surface area contributed by atoms with Crippen molar-refractivity contribution in [3.8, 4) is 5.75 Å². The molecule has 3 aliphatic rings. The molecule has 6 heteroatoms. The van der Waals surface area contributed by atoms with Gasteiger partial charge in [-0.15, -0.1) is 0 Å². The molecule has 34 heavy (non-hydrogen) atoms. The zero-order chi connectivity index (χ0) is 23.5. The van der Waals surface area contributed by atoms with E-state index in [-0.39, 0.29) is 24.0 Å². The number of nitrogens with zero attached hydrogens (tertiary/aromatic N) is 1. The van der Waals surface area contributed by atoms with Crippen molar-refractivity contribution in [2.24, 2.45) is 0 Å². The van der Waals surface area contributed by atoms with Crippen LogP contribution in [0.25, 0.3) is 0 Å². The summed E-state index contributed by atoms with van der Waals surface area (Å²) in [6, 6.07) is 16.1.